The van der Waals surface area contributed by atoms with Gasteiger partial charge in [-0.15, -0.1) is 13.2 Å². The second kappa shape index (κ2) is 8.66. The standard InChI is InChI=1S/C26H30O3/c1-3-15-25(23-19-27-23,17-21-11-7-5-8-12-21)29-26(16-4-2,24-20-28-24)18-22-13-9-6-10-14-22/h3-14,23-24H,1-2,15-20H2. The van der Waals surface area contributed by atoms with Crippen molar-refractivity contribution in [3.63, 3.8) is 0 Å². The molecule has 4 unspecified atom stereocenters. The molecule has 0 aliphatic carbocycles. The van der Waals surface area contributed by atoms with E-state index in [1.165, 1.54) is 11.1 Å². The number of epoxide rings is 2. The number of benzene rings is 2. The summed E-state index contributed by atoms with van der Waals surface area (Å²) in [5, 5.41) is 0. The summed E-state index contributed by atoms with van der Waals surface area (Å²) in [4.78, 5) is 0. The molecule has 2 aliphatic heterocycles. The van der Waals surface area contributed by atoms with Crippen molar-refractivity contribution in [1.82, 2.24) is 0 Å². The third kappa shape index (κ3) is 4.69. The van der Waals surface area contributed by atoms with Crippen LogP contribution in [0.1, 0.15) is 24.0 Å². The number of hydrogen-bond donors (Lipinski definition) is 0. The zero-order valence-corrected chi connectivity index (χ0v) is 17.0. The van der Waals surface area contributed by atoms with E-state index >= 15 is 0 Å². The third-order valence-electron chi connectivity index (χ3n) is 5.92. The maximum Gasteiger partial charge on any atom is 0.110 e. The van der Waals surface area contributed by atoms with E-state index < -0.39 is 11.2 Å². The molecule has 2 aromatic rings. The van der Waals surface area contributed by atoms with E-state index in [4.69, 9.17) is 14.2 Å². The molecule has 2 aromatic carbocycles. The van der Waals surface area contributed by atoms with Crippen molar-refractivity contribution >= 4 is 0 Å². The van der Waals surface area contributed by atoms with Crippen molar-refractivity contribution < 1.29 is 14.2 Å². The van der Waals surface area contributed by atoms with Gasteiger partial charge in [-0.25, -0.2) is 0 Å². The van der Waals surface area contributed by atoms with Gasteiger partial charge in [0.05, 0.1) is 13.2 Å². The molecule has 2 saturated heterocycles. The second-order valence-electron chi connectivity index (χ2n) is 8.19. The van der Waals surface area contributed by atoms with Crippen LogP contribution in [-0.2, 0) is 27.1 Å². The van der Waals surface area contributed by atoms with Gasteiger partial charge in [0.2, 0.25) is 0 Å². The Bertz CT molecular complexity index is 741. The van der Waals surface area contributed by atoms with Crippen molar-refractivity contribution in [2.24, 2.45) is 0 Å². The predicted octanol–water partition coefficient (Wildman–Crippen LogP) is 4.92. The summed E-state index contributed by atoms with van der Waals surface area (Å²) in [5.74, 6) is 0. The first-order valence-electron chi connectivity index (χ1n) is 10.4. The average molecular weight is 391 g/mol. The van der Waals surface area contributed by atoms with Crippen LogP contribution in [0.2, 0.25) is 0 Å². The normalized spacial score (nSPS) is 24.1. The van der Waals surface area contributed by atoms with Crippen LogP contribution < -0.4 is 0 Å². The second-order valence-corrected chi connectivity index (χ2v) is 8.19. The van der Waals surface area contributed by atoms with Crippen LogP contribution in [0.4, 0.5) is 0 Å². The third-order valence-corrected chi connectivity index (χ3v) is 5.92. The Morgan fingerprint density at radius 3 is 1.45 bits per heavy atom. The van der Waals surface area contributed by atoms with Gasteiger partial charge in [-0.1, -0.05) is 72.8 Å². The molecule has 0 spiro atoms. The lowest BCUT2D eigenvalue weighted by Gasteiger charge is -2.43. The Labute approximate surface area is 174 Å². The fraction of sp³-hybridized carbons (Fsp3) is 0.385. The molecule has 2 heterocycles. The lowest BCUT2D eigenvalue weighted by atomic mass is 9.82. The summed E-state index contributed by atoms with van der Waals surface area (Å²) in [6.45, 7) is 9.51. The average Bonchev–Trinajstić information content (AvgIpc) is 3.62. The molecule has 29 heavy (non-hydrogen) atoms. The highest BCUT2D eigenvalue weighted by Crippen LogP contribution is 2.44. The summed E-state index contributed by atoms with van der Waals surface area (Å²) in [6, 6.07) is 21.0. The highest BCUT2D eigenvalue weighted by molar-refractivity contribution is 5.23. The number of rotatable bonds is 12. The zero-order chi connectivity index (χ0) is 20.2. The van der Waals surface area contributed by atoms with E-state index in [-0.39, 0.29) is 12.2 Å². The molecule has 0 radical (unpaired) electrons. The van der Waals surface area contributed by atoms with Crippen LogP contribution in [0, 0.1) is 0 Å². The maximum absolute atomic E-state index is 7.17. The Balaban J connectivity index is 1.69. The fourth-order valence-electron chi connectivity index (χ4n) is 4.40. The summed E-state index contributed by atoms with van der Waals surface area (Å²) in [5.41, 5.74) is 1.56. The highest BCUT2D eigenvalue weighted by Gasteiger charge is 2.56. The monoisotopic (exact) mass is 390 g/mol. The molecule has 0 bridgehead atoms. The van der Waals surface area contributed by atoms with Crippen LogP contribution >= 0.6 is 0 Å². The predicted molar refractivity (Wildman–Crippen MR) is 116 cm³/mol. The Kier molecular flexibility index (Phi) is 6.00. The van der Waals surface area contributed by atoms with Crippen LogP contribution in [0.3, 0.4) is 0 Å². The van der Waals surface area contributed by atoms with Gasteiger partial charge < -0.3 is 14.2 Å². The van der Waals surface area contributed by atoms with E-state index in [0.717, 1.165) is 38.9 Å². The van der Waals surface area contributed by atoms with Gasteiger partial charge in [0, 0.05) is 12.8 Å². The lowest BCUT2D eigenvalue weighted by Crippen LogP contribution is -2.53. The zero-order valence-electron chi connectivity index (χ0n) is 17.0. The Morgan fingerprint density at radius 2 is 1.14 bits per heavy atom. The minimum Gasteiger partial charge on any atom is -0.370 e. The first kappa shape index (κ1) is 20.1. The van der Waals surface area contributed by atoms with Crippen LogP contribution in [0.15, 0.2) is 86.0 Å². The van der Waals surface area contributed by atoms with E-state index in [2.05, 4.69) is 61.7 Å². The quantitative estimate of drug-likeness (QED) is 0.381. The van der Waals surface area contributed by atoms with Crippen molar-refractivity contribution in [3.05, 3.63) is 97.1 Å². The van der Waals surface area contributed by atoms with E-state index in [9.17, 15) is 0 Å². The van der Waals surface area contributed by atoms with Gasteiger partial charge in [-0.05, 0) is 24.0 Å². The van der Waals surface area contributed by atoms with Gasteiger partial charge in [0.1, 0.15) is 23.4 Å². The molecular weight excluding hydrogens is 360 g/mol. The van der Waals surface area contributed by atoms with Crippen molar-refractivity contribution in [1.29, 1.82) is 0 Å². The first-order valence-corrected chi connectivity index (χ1v) is 10.4. The van der Waals surface area contributed by atoms with Crippen LogP contribution in [0.5, 0.6) is 0 Å². The van der Waals surface area contributed by atoms with Crippen molar-refractivity contribution in [2.75, 3.05) is 13.2 Å². The van der Waals surface area contributed by atoms with E-state index in [0.29, 0.717) is 0 Å². The maximum atomic E-state index is 7.17. The molecule has 2 fully saturated rings. The Morgan fingerprint density at radius 1 is 0.759 bits per heavy atom. The molecule has 152 valence electrons. The van der Waals surface area contributed by atoms with Gasteiger partial charge >= 0.3 is 0 Å². The SMILES string of the molecule is C=CCC(Cc1ccccc1)(OC(CC=C)(Cc1ccccc1)C1CO1)C1CO1. The molecule has 0 amide bonds. The van der Waals surface area contributed by atoms with Crippen LogP contribution in [0.25, 0.3) is 0 Å². The van der Waals surface area contributed by atoms with Crippen molar-refractivity contribution in [2.45, 2.75) is 49.1 Å². The number of ether oxygens (including phenoxy) is 3. The molecule has 0 aromatic heterocycles. The van der Waals surface area contributed by atoms with E-state index in [1.54, 1.807) is 0 Å². The molecule has 4 atom stereocenters. The summed E-state index contributed by atoms with van der Waals surface area (Å²) >= 11 is 0. The molecule has 0 saturated carbocycles. The van der Waals surface area contributed by atoms with Gasteiger partial charge in [0.25, 0.3) is 0 Å². The minimum atomic E-state index is -0.465. The molecule has 0 N–H and O–H groups in total. The topological polar surface area (TPSA) is 34.3 Å². The summed E-state index contributed by atoms with van der Waals surface area (Å²) < 4.78 is 18.8. The van der Waals surface area contributed by atoms with Gasteiger partial charge in [0.15, 0.2) is 0 Å². The molecule has 4 rings (SSSR count). The summed E-state index contributed by atoms with van der Waals surface area (Å²) in [6.07, 6.45) is 7.08. The van der Waals surface area contributed by atoms with Gasteiger partial charge in [-0.3, -0.25) is 0 Å². The smallest absolute Gasteiger partial charge is 0.110 e. The Hall–Kier alpha value is -2.20. The van der Waals surface area contributed by atoms with Gasteiger partial charge in [-0.2, -0.15) is 0 Å². The van der Waals surface area contributed by atoms with Crippen LogP contribution in [-0.4, -0.2) is 36.6 Å². The fourth-order valence-corrected chi connectivity index (χ4v) is 4.40. The first-order chi connectivity index (χ1) is 14.2. The molecule has 2 aliphatic rings. The molecular formula is C26H30O3. The minimum absolute atomic E-state index is 0.0689. The highest BCUT2D eigenvalue weighted by atomic mass is 16.6. The van der Waals surface area contributed by atoms with E-state index in [1.807, 2.05) is 24.3 Å². The summed E-state index contributed by atoms with van der Waals surface area (Å²) in [7, 11) is 0. The lowest BCUT2D eigenvalue weighted by molar-refractivity contribution is -0.174. The van der Waals surface area contributed by atoms with Crippen molar-refractivity contribution in [3.8, 4) is 0 Å². The largest absolute Gasteiger partial charge is 0.370 e. The molecule has 3 heteroatoms. The molecule has 3 nitrogen and oxygen atoms in total. The number of hydrogen-bond acceptors (Lipinski definition) is 3.